The summed E-state index contributed by atoms with van der Waals surface area (Å²) in [7, 11) is 0. The molecule has 1 atom stereocenters. The van der Waals surface area contributed by atoms with Crippen LogP contribution in [0.3, 0.4) is 0 Å². The van der Waals surface area contributed by atoms with Gasteiger partial charge in [0.25, 0.3) is 0 Å². The first kappa shape index (κ1) is 15.7. The lowest BCUT2D eigenvalue weighted by Crippen LogP contribution is -2.12. The highest BCUT2D eigenvalue weighted by molar-refractivity contribution is 8.01. The first-order valence-electron chi connectivity index (χ1n) is 7.02. The molecule has 0 saturated carbocycles. The van der Waals surface area contributed by atoms with Crippen molar-refractivity contribution in [2.75, 3.05) is 6.61 Å². The molecule has 7 heteroatoms. The highest BCUT2D eigenvalue weighted by Crippen LogP contribution is 2.41. The van der Waals surface area contributed by atoms with Crippen LogP contribution in [-0.2, 0) is 4.74 Å². The molecule has 1 aliphatic rings. The van der Waals surface area contributed by atoms with Gasteiger partial charge in [0.05, 0.1) is 22.4 Å². The van der Waals surface area contributed by atoms with Gasteiger partial charge in [-0.3, -0.25) is 9.36 Å². The summed E-state index contributed by atoms with van der Waals surface area (Å²) in [6.45, 7) is 3.59. The van der Waals surface area contributed by atoms with Gasteiger partial charge in [-0.2, -0.15) is 0 Å². The predicted octanol–water partition coefficient (Wildman–Crippen LogP) is 3.74. The molecule has 0 unspecified atom stereocenters. The van der Waals surface area contributed by atoms with Gasteiger partial charge in [-0.05, 0) is 31.5 Å². The number of fused-ring (bicyclic) bond motifs is 1. The second-order valence-electron chi connectivity index (χ2n) is 5.04. The number of halogens is 2. The zero-order valence-corrected chi connectivity index (χ0v) is 13.2. The van der Waals surface area contributed by atoms with Crippen LogP contribution in [0.25, 0.3) is 11.1 Å². The fraction of sp³-hybridized carbons (Fsp3) is 0.250. The molecule has 0 radical (unpaired) electrons. The van der Waals surface area contributed by atoms with Gasteiger partial charge < -0.3 is 4.74 Å². The number of hydrogen-bond acceptors (Lipinski definition) is 4. The van der Waals surface area contributed by atoms with E-state index in [1.807, 2.05) is 0 Å². The minimum absolute atomic E-state index is 0.163. The van der Waals surface area contributed by atoms with E-state index in [0.29, 0.717) is 16.2 Å². The quantitative estimate of drug-likeness (QED) is 0.801. The van der Waals surface area contributed by atoms with Crippen LogP contribution in [0.4, 0.5) is 8.78 Å². The number of carbonyl (C=O) groups is 2. The van der Waals surface area contributed by atoms with Crippen LogP contribution in [0.15, 0.2) is 29.4 Å². The Hall–Kier alpha value is -2.15. The molecule has 120 valence electrons. The van der Waals surface area contributed by atoms with Crippen molar-refractivity contribution in [1.29, 1.82) is 0 Å². The lowest BCUT2D eigenvalue weighted by Gasteiger charge is -2.07. The van der Waals surface area contributed by atoms with E-state index in [2.05, 4.69) is 0 Å². The van der Waals surface area contributed by atoms with Crippen molar-refractivity contribution in [2.24, 2.45) is 0 Å². The second-order valence-corrected chi connectivity index (χ2v) is 6.37. The van der Waals surface area contributed by atoms with Gasteiger partial charge in [-0.15, -0.1) is 0 Å². The lowest BCUT2D eigenvalue weighted by atomic mass is 10.0. The molecule has 2 aromatic rings. The van der Waals surface area contributed by atoms with Crippen molar-refractivity contribution in [3.8, 4) is 11.1 Å². The number of hydrogen-bond donors (Lipinski definition) is 0. The van der Waals surface area contributed by atoms with E-state index in [1.54, 1.807) is 13.8 Å². The molecular weight excluding hydrogens is 324 g/mol. The first-order valence-corrected chi connectivity index (χ1v) is 7.90. The topological polar surface area (TPSA) is 48.3 Å². The van der Waals surface area contributed by atoms with Gasteiger partial charge in [0.2, 0.25) is 5.91 Å². The molecule has 1 aromatic carbocycles. The molecule has 0 aliphatic carbocycles. The van der Waals surface area contributed by atoms with Crippen molar-refractivity contribution < 1.29 is 23.1 Å². The molecule has 3 rings (SSSR count). The van der Waals surface area contributed by atoms with Crippen LogP contribution in [0.2, 0.25) is 0 Å². The minimum Gasteiger partial charge on any atom is -0.462 e. The fourth-order valence-corrected chi connectivity index (χ4v) is 3.58. The Balaban J connectivity index is 2.19. The molecule has 1 aromatic heterocycles. The number of ether oxygens (including phenoxy) is 1. The highest BCUT2D eigenvalue weighted by Gasteiger charge is 2.35. The Morgan fingerprint density at radius 2 is 2.09 bits per heavy atom. The third kappa shape index (κ3) is 2.55. The van der Waals surface area contributed by atoms with E-state index >= 15 is 0 Å². The molecule has 0 saturated heterocycles. The summed E-state index contributed by atoms with van der Waals surface area (Å²) >= 11 is 1.25. The highest BCUT2D eigenvalue weighted by atomic mass is 32.2. The third-order valence-electron chi connectivity index (χ3n) is 3.54. The van der Waals surface area contributed by atoms with Crippen LogP contribution in [0.1, 0.15) is 29.0 Å². The molecule has 2 heterocycles. The van der Waals surface area contributed by atoms with Gasteiger partial charge >= 0.3 is 5.97 Å². The van der Waals surface area contributed by atoms with Crippen molar-refractivity contribution in [3.63, 3.8) is 0 Å². The summed E-state index contributed by atoms with van der Waals surface area (Å²) in [6.07, 6.45) is 1.48. The molecule has 0 N–H and O–H groups in total. The van der Waals surface area contributed by atoms with E-state index < -0.39 is 17.6 Å². The molecule has 1 aliphatic heterocycles. The first-order chi connectivity index (χ1) is 10.9. The van der Waals surface area contributed by atoms with E-state index in [1.165, 1.54) is 28.6 Å². The van der Waals surface area contributed by atoms with Crippen LogP contribution in [0.5, 0.6) is 0 Å². The largest absolute Gasteiger partial charge is 0.462 e. The standard InChI is InChI=1S/C16H13F2NO3S/c1-3-22-16(21)13-10(9-4-5-11(17)12(18)6-9)7-19-14(20)8(2)23-15(13)19/h4-8H,3H2,1-2H3/t8-/m0/s1. The van der Waals surface area contributed by atoms with E-state index in [-0.39, 0.29) is 23.3 Å². The molecule has 0 amide bonds. The third-order valence-corrected chi connectivity index (χ3v) is 4.72. The van der Waals surface area contributed by atoms with Crippen LogP contribution in [0, 0.1) is 11.6 Å². The molecule has 4 nitrogen and oxygen atoms in total. The minimum atomic E-state index is -1.02. The van der Waals surface area contributed by atoms with Gasteiger partial charge in [-0.25, -0.2) is 13.6 Å². The van der Waals surface area contributed by atoms with Crippen LogP contribution in [-0.4, -0.2) is 28.3 Å². The summed E-state index contributed by atoms with van der Waals surface area (Å²) < 4.78 is 33.1. The average Bonchev–Trinajstić information content (AvgIpc) is 3.00. The molecule has 0 spiro atoms. The maximum atomic E-state index is 13.5. The maximum Gasteiger partial charge on any atom is 0.341 e. The zero-order chi connectivity index (χ0) is 16.7. The van der Waals surface area contributed by atoms with Gasteiger partial charge in [0.1, 0.15) is 0 Å². The molecular formula is C16H13F2NO3S. The SMILES string of the molecule is CCOC(=O)c1c(-c2ccc(F)c(F)c2)cn2c1S[C@@H](C)C2=O. The number of benzene rings is 1. The zero-order valence-electron chi connectivity index (χ0n) is 12.4. The Morgan fingerprint density at radius 1 is 1.35 bits per heavy atom. The fourth-order valence-electron chi connectivity index (χ4n) is 2.46. The summed E-state index contributed by atoms with van der Waals surface area (Å²) in [5, 5.41) is 0.165. The Kier molecular flexibility index (Phi) is 3.97. The average molecular weight is 337 g/mol. The molecule has 0 fully saturated rings. The normalized spacial score (nSPS) is 16.5. The lowest BCUT2D eigenvalue weighted by molar-refractivity contribution is 0.0523. The maximum absolute atomic E-state index is 13.5. The van der Waals surface area contributed by atoms with Gasteiger partial charge in [0, 0.05) is 11.8 Å². The van der Waals surface area contributed by atoms with Crippen molar-refractivity contribution >= 4 is 23.6 Å². The number of nitrogens with zero attached hydrogens (tertiary/aromatic N) is 1. The number of aromatic nitrogens is 1. The molecule has 0 bridgehead atoms. The van der Waals surface area contributed by atoms with E-state index in [0.717, 1.165) is 12.1 Å². The Bertz CT molecular complexity index is 816. The summed E-state index contributed by atoms with van der Waals surface area (Å²) in [5.74, 6) is -2.74. The van der Waals surface area contributed by atoms with Gasteiger partial charge in [0.15, 0.2) is 11.6 Å². The number of carbonyl (C=O) groups excluding carboxylic acids is 2. The van der Waals surface area contributed by atoms with Crippen LogP contribution >= 0.6 is 11.8 Å². The summed E-state index contributed by atoms with van der Waals surface area (Å²) in [6, 6.07) is 3.35. The van der Waals surface area contributed by atoms with E-state index in [4.69, 9.17) is 4.74 Å². The Labute approximate surface area is 135 Å². The van der Waals surface area contributed by atoms with Crippen molar-refractivity contribution in [3.05, 3.63) is 41.6 Å². The number of esters is 1. The van der Waals surface area contributed by atoms with Crippen LogP contribution < -0.4 is 0 Å². The van der Waals surface area contributed by atoms with E-state index in [9.17, 15) is 18.4 Å². The number of rotatable bonds is 3. The summed E-state index contributed by atoms with van der Waals surface area (Å²) in [4.78, 5) is 24.4. The monoisotopic (exact) mass is 337 g/mol. The number of thioether (sulfide) groups is 1. The van der Waals surface area contributed by atoms with Crippen molar-refractivity contribution in [1.82, 2.24) is 4.57 Å². The smallest absolute Gasteiger partial charge is 0.341 e. The van der Waals surface area contributed by atoms with Crippen molar-refractivity contribution in [2.45, 2.75) is 24.1 Å². The molecule has 23 heavy (non-hydrogen) atoms. The Morgan fingerprint density at radius 3 is 2.74 bits per heavy atom. The summed E-state index contributed by atoms with van der Waals surface area (Å²) in [5.41, 5.74) is 0.876. The second kappa shape index (κ2) is 5.81. The van der Waals surface area contributed by atoms with Gasteiger partial charge in [-0.1, -0.05) is 17.8 Å². The predicted molar refractivity (Wildman–Crippen MR) is 81.7 cm³/mol.